The quantitative estimate of drug-likeness (QED) is 0.379. The number of likely N-dealkylation sites (tertiary alicyclic amines) is 1. The number of hydrogen-bond donors (Lipinski definition) is 1. The van der Waals surface area contributed by atoms with E-state index in [0.717, 1.165) is 42.6 Å². The summed E-state index contributed by atoms with van der Waals surface area (Å²) in [5.74, 6) is 0.607. The lowest BCUT2D eigenvalue weighted by molar-refractivity contribution is -0.126. The van der Waals surface area contributed by atoms with Gasteiger partial charge in [0.2, 0.25) is 11.9 Å². The fourth-order valence-electron chi connectivity index (χ4n) is 6.71. The number of nitrogens with zero attached hydrogens (tertiary/aromatic N) is 7. The minimum absolute atomic E-state index is 0.0910. The van der Waals surface area contributed by atoms with E-state index in [9.17, 15) is 4.79 Å². The highest BCUT2D eigenvalue weighted by atomic mass is 35.5. The molecule has 3 aliphatic rings. The van der Waals surface area contributed by atoms with Gasteiger partial charge in [0.25, 0.3) is 0 Å². The number of halogens is 2. The monoisotopic (exact) mass is 560 g/mol. The lowest BCUT2D eigenvalue weighted by Crippen LogP contribution is -2.71. The number of rotatable bonds is 4. The van der Waals surface area contributed by atoms with Crippen LogP contribution in [0.1, 0.15) is 5.56 Å². The van der Waals surface area contributed by atoms with E-state index in [0.29, 0.717) is 59.5 Å². The second-order valence-corrected chi connectivity index (χ2v) is 11.8. The summed E-state index contributed by atoms with van der Waals surface area (Å²) in [4.78, 5) is 30.3. The lowest BCUT2D eigenvalue weighted by Gasteiger charge is -2.59. The highest BCUT2D eigenvalue weighted by molar-refractivity contribution is 6.35. The van der Waals surface area contributed by atoms with Gasteiger partial charge < -0.3 is 19.6 Å². The Kier molecular flexibility index (Phi) is 5.76. The van der Waals surface area contributed by atoms with Crippen LogP contribution in [0.5, 0.6) is 0 Å². The molecule has 1 spiro atoms. The number of aromatic nitrogens is 4. The lowest BCUT2D eigenvalue weighted by atomic mass is 9.73. The largest absolute Gasteiger partial charge is 0.352 e. The molecular weight excluding hydrogens is 531 g/mol. The molecule has 9 nitrogen and oxygen atoms in total. The van der Waals surface area contributed by atoms with Gasteiger partial charge in [0.15, 0.2) is 5.82 Å². The first-order chi connectivity index (χ1) is 19.3. The fraction of sp³-hybridized carbons (Fsp3) is 0.379. The van der Waals surface area contributed by atoms with E-state index in [1.165, 1.54) is 6.08 Å². The number of aryl methyl sites for hydroxylation is 1. The molecule has 3 saturated heterocycles. The smallest absolute Gasteiger partial charge is 0.246 e. The summed E-state index contributed by atoms with van der Waals surface area (Å²) in [7, 11) is 2.12. The molecule has 2 aromatic heterocycles. The Morgan fingerprint density at radius 3 is 2.52 bits per heavy atom. The number of nitrogens with one attached hydrogen (secondary N) is 1. The Labute approximate surface area is 236 Å². The van der Waals surface area contributed by atoms with E-state index in [1.807, 2.05) is 19.1 Å². The highest BCUT2D eigenvalue weighted by Gasteiger charge is 2.51. The van der Waals surface area contributed by atoms with Crippen molar-refractivity contribution in [3.63, 3.8) is 0 Å². The van der Waals surface area contributed by atoms with Crippen molar-refractivity contribution in [2.24, 2.45) is 5.41 Å². The van der Waals surface area contributed by atoms with Gasteiger partial charge in [-0.25, -0.2) is 9.37 Å². The van der Waals surface area contributed by atoms with Crippen molar-refractivity contribution in [2.45, 2.75) is 6.92 Å². The Morgan fingerprint density at radius 2 is 1.82 bits per heavy atom. The number of piperazine rings is 1. The molecule has 0 bridgehead atoms. The number of amides is 1. The normalized spacial score (nSPS) is 18.9. The van der Waals surface area contributed by atoms with Crippen molar-refractivity contribution in [1.82, 2.24) is 30.0 Å². The summed E-state index contributed by atoms with van der Waals surface area (Å²) in [6, 6.07) is 5.65. The predicted molar refractivity (Wildman–Crippen MR) is 155 cm³/mol. The molecular formula is C29H30ClFN8O. The van der Waals surface area contributed by atoms with Crippen molar-refractivity contribution in [3.8, 4) is 11.1 Å². The third kappa shape index (κ3) is 3.84. The van der Waals surface area contributed by atoms with E-state index in [4.69, 9.17) is 21.6 Å². The molecule has 1 amide bonds. The number of fused-ring (bicyclic) bond motifs is 2. The minimum atomic E-state index is -0.469. The average molecular weight is 561 g/mol. The van der Waals surface area contributed by atoms with Gasteiger partial charge in [-0.05, 0) is 37.7 Å². The molecule has 0 unspecified atom stereocenters. The van der Waals surface area contributed by atoms with Gasteiger partial charge in [-0.2, -0.15) is 10.1 Å². The number of benzene rings is 2. The first kappa shape index (κ1) is 25.2. The van der Waals surface area contributed by atoms with Gasteiger partial charge in [0, 0.05) is 79.7 Å². The third-order valence-electron chi connectivity index (χ3n) is 8.55. The van der Waals surface area contributed by atoms with Crippen LogP contribution in [0.2, 0.25) is 5.02 Å². The Hall–Kier alpha value is -3.76. The van der Waals surface area contributed by atoms with Crippen LogP contribution in [0.4, 0.5) is 16.2 Å². The standard InChI is InChI=1S/C29H30ClFN8O/c1-4-22(40)37-7-9-38(10-8-37)27-18-11-20(30)24(23-17(2)5-6-21-19(23)12-32-35-21)25(31)26(18)33-28(34-27)39-15-29(16-39)13-36(3)14-29/h4-6,11-12H,1,7-10,13-16H2,2-3H3,(H,32,35). The van der Waals surface area contributed by atoms with Gasteiger partial charge in [-0.3, -0.25) is 9.89 Å². The van der Waals surface area contributed by atoms with Gasteiger partial charge in [0.05, 0.1) is 16.7 Å². The zero-order chi connectivity index (χ0) is 27.8. The molecule has 7 rings (SSSR count). The predicted octanol–water partition coefficient (Wildman–Crippen LogP) is 3.86. The summed E-state index contributed by atoms with van der Waals surface area (Å²) in [5, 5.41) is 8.80. The van der Waals surface area contributed by atoms with E-state index in [1.54, 1.807) is 17.2 Å². The van der Waals surface area contributed by atoms with E-state index >= 15 is 4.39 Å². The molecule has 206 valence electrons. The summed E-state index contributed by atoms with van der Waals surface area (Å²) in [6.45, 7) is 11.5. The molecule has 1 N–H and O–H groups in total. The number of H-pyrrole nitrogens is 1. The van der Waals surface area contributed by atoms with Crippen LogP contribution in [0.3, 0.4) is 0 Å². The molecule has 0 saturated carbocycles. The van der Waals surface area contributed by atoms with E-state index < -0.39 is 5.82 Å². The van der Waals surface area contributed by atoms with Gasteiger partial charge in [-0.15, -0.1) is 0 Å². The first-order valence-electron chi connectivity index (χ1n) is 13.5. The molecule has 4 aromatic rings. The Balaban J connectivity index is 1.36. The van der Waals surface area contributed by atoms with Crippen molar-refractivity contribution < 1.29 is 9.18 Å². The van der Waals surface area contributed by atoms with Crippen LogP contribution in [0.15, 0.2) is 37.1 Å². The molecule has 3 fully saturated rings. The van der Waals surface area contributed by atoms with E-state index in [2.05, 4.69) is 38.5 Å². The van der Waals surface area contributed by atoms with Crippen molar-refractivity contribution >= 4 is 51.1 Å². The number of aromatic amines is 1. The summed E-state index contributed by atoms with van der Waals surface area (Å²) >= 11 is 6.87. The number of carbonyl (C=O) groups is 1. The zero-order valence-electron chi connectivity index (χ0n) is 22.5. The summed E-state index contributed by atoms with van der Waals surface area (Å²) in [6.07, 6.45) is 3.04. The second-order valence-electron chi connectivity index (χ2n) is 11.4. The zero-order valence-corrected chi connectivity index (χ0v) is 23.3. The van der Waals surface area contributed by atoms with Crippen molar-refractivity contribution in [1.29, 1.82) is 0 Å². The average Bonchev–Trinajstić information content (AvgIpc) is 3.39. The van der Waals surface area contributed by atoms with Crippen molar-refractivity contribution in [3.05, 3.63) is 53.5 Å². The van der Waals surface area contributed by atoms with E-state index in [-0.39, 0.29) is 16.8 Å². The maximum Gasteiger partial charge on any atom is 0.246 e. The molecule has 0 radical (unpaired) electrons. The molecule has 40 heavy (non-hydrogen) atoms. The van der Waals surface area contributed by atoms with Crippen LogP contribution >= 0.6 is 11.6 Å². The van der Waals surface area contributed by atoms with Crippen LogP contribution in [-0.2, 0) is 4.79 Å². The van der Waals surface area contributed by atoms with Crippen LogP contribution < -0.4 is 9.80 Å². The molecule has 0 aliphatic carbocycles. The Morgan fingerprint density at radius 1 is 1.07 bits per heavy atom. The highest BCUT2D eigenvalue weighted by Crippen LogP contribution is 2.44. The fourth-order valence-corrected chi connectivity index (χ4v) is 7.00. The van der Waals surface area contributed by atoms with Gasteiger partial charge in [0.1, 0.15) is 11.3 Å². The topological polar surface area (TPSA) is 84.5 Å². The second kappa shape index (κ2) is 9.14. The SMILES string of the molecule is C=CC(=O)N1CCN(c2nc(N3CC4(CN(C)C4)C3)nc3c(F)c(-c4c(C)ccc5[nH]ncc45)c(Cl)cc23)CC1. The first-order valence-corrected chi connectivity index (χ1v) is 13.9. The van der Waals surface area contributed by atoms with Crippen LogP contribution in [0, 0.1) is 18.2 Å². The molecule has 2 aromatic carbocycles. The van der Waals surface area contributed by atoms with Crippen molar-refractivity contribution in [2.75, 3.05) is 69.2 Å². The molecule has 3 aliphatic heterocycles. The molecule has 5 heterocycles. The Bertz CT molecular complexity index is 1680. The summed E-state index contributed by atoms with van der Waals surface area (Å²) in [5.41, 5.74) is 3.23. The van der Waals surface area contributed by atoms with Gasteiger partial charge in [-0.1, -0.05) is 24.2 Å². The van der Waals surface area contributed by atoms with Crippen LogP contribution in [0.25, 0.3) is 32.9 Å². The van der Waals surface area contributed by atoms with Gasteiger partial charge >= 0.3 is 0 Å². The number of carbonyl (C=O) groups excluding carboxylic acids is 1. The molecule has 0 atom stereocenters. The maximum atomic E-state index is 16.7. The maximum absolute atomic E-state index is 16.7. The third-order valence-corrected chi connectivity index (χ3v) is 8.84. The number of hydrogen-bond acceptors (Lipinski definition) is 7. The number of anilines is 2. The minimum Gasteiger partial charge on any atom is -0.352 e. The summed E-state index contributed by atoms with van der Waals surface area (Å²) < 4.78 is 16.7. The van der Waals surface area contributed by atoms with Crippen LogP contribution in [-0.4, -0.2) is 95.3 Å². The molecule has 11 heteroatoms.